The van der Waals surface area contributed by atoms with Crippen LogP contribution in [0.4, 0.5) is 0 Å². The molecule has 0 saturated heterocycles. The van der Waals surface area contributed by atoms with Crippen LogP contribution in [0.5, 0.6) is 5.75 Å². The molecule has 0 aliphatic rings. The first kappa shape index (κ1) is 15.4. The van der Waals surface area contributed by atoms with E-state index in [-0.39, 0.29) is 0 Å². The Labute approximate surface area is 126 Å². The van der Waals surface area contributed by atoms with Gasteiger partial charge < -0.3 is 10.1 Å². The summed E-state index contributed by atoms with van der Waals surface area (Å²) in [6.07, 6.45) is 5.62. The third kappa shape index (κ3) is 5.16. The molecule has 0 atom stereocenters. The van der Waals surface area contributed by atoms with Crippen LogP contribution in [0.2, 0.25) is 0 Å². The average molecular weight is 285 g/mol. The summed E-state index contributed by atoms with van der Waals surface area (Å²) in [6.45, 7) is 6.53. The molecule has 0 aliphatic heterocycles. The van der Waals surface area contributed by atoms with E-state index in [1.165, 1.54) is 5.56 Å². The molecule has 2 rings (SSSR count). The fourth-order valence-corrected chi connectivity index (χ4v) is 2.06. The fraction of sp³-hybridized carbons (Fsp3) is 0.412. The minimum atomic E-state index is 0.636. The summed E-state index contributed by atoms with van der Waals surface area (Å²) in [7, 11) is 0. The molecular formula is C17H23N3O. The average Bonchev–Trinajstić information content (AvgIpc) is 2.51. The largest absolute Gasteiger partial charge is 0.491 e. The molecule has 0 radical (unpaired) electrons. The zero-order chi connectivity index (χ0) is 14.9. The monoisotopic (exact) mass is 285 g/mol. The number of nitrogens with one attached hydrogen (secondary N) is 1. The van der Waals surface area contributed by atoms with Crippen LogP contribution < -0.4 is 10.1 Å². The molecule has 112 valence electrons. The second-order valence-corrected chi connectivity index (χ2v) is 5.03. The molecule has 0 amide bonds. The van der Waals surface area contributed by atoms with Crippen molar-refractivity contribution in [3.05, 3.63) is 53.6 Å². The molecule has 0 unspecified atom stereocenters. The van der Waals surface area contributed by atoms with Crippen molar-refractivity contribution in [2.45, 2.75) is 33.2 Å². The highest BCUT2D eigenvalue weighted by atomic mass is 16.5. The van der Waals surface area contributed by atoms with Crippen molar-refractivity contribution in [3.63, 3.8) is 0 Å². The SMILES string of the molecule is CCCNCc1nc(C)ccc1OCCc1cccnc1. The van der Waals surface area contributed by atoms with Crippen LogP contribution in [0.1, 0.15) is 30.3 Å². The Kier molecular flexibility index (Phi) is 6.16. The van der Waals surface area contributed by atoms with Crippen molar-refractivity contribution in [1.29, 1.82) is 0 Å². The van der Waals surface area contributed by atoms with Gasteiger partial charge in [-0.25, -0.2) is 0 Å². The summed E-state index contributed by atoms with van der Waals surface area (Å²) < 4.78 is 5.90. The Bertz CT molecular complexity index is 543. The van der Waals surface area contributed by atoms with E-state index in [1.807, 2.05) is 31.3 Å². The first-order valence-electron chi connectivity index (χ1n) is 7.48. The zero-order valence-electron chi connectivity index (χ0n) is 12.8. The standard InChI is InChI=1S/C17H23N3O/c1-3-9-18-13-16-17(7-6-14(2)20-16)21-11-8-15-5-4-10-19-12-15/h4-7,10,12,18H,3,8-9,11,13H2,1-2H3. The quantitative estimate of drug-likeness (QED) is 0.758. The number of rotatable bonds is 8. The maximum Gasteiger partial charge on any atom is 0.142 e. The van der Waals surface area contributed by atoms with Gasteiger partial charge in [0.25, 0.3) is 0 Å². The Morgan fingerprint density at radius 3 is 2.90 bits per heavy atom. The summed E-state index contributed by atoms with van der Waals surface area (Å²) in [5.74, 6) is 0.869. The van der Waals surface area contributed by atoms with Crippen LogP contribution in [0.15, 0.2) is 36.7 Å². The maximum absolute atomic E-state index is 5.90. The summed E-state index contributed by atoms with van der Waals surface area (Å²) >= 11 is 0. The van der Waals surface area contributed by atoms with Gasteiger partial charge in [-0.3, -0.25) is 9.97 Å². The Balaban J connectivity index is 1.92. The lowest BCUT2D eigenvalue weighted by Crippen LogP contribution is -2.16. The molecule has 1 N–H and O–H groups in total. The smallest absolute Gasteiger partial charge is 0.142 e. The minimum absolute atomic E-state index is 0.636. The second kappa shape index (κ2) is 8.37. The zero-order valence-corrected chi connectivity index (χ0v) is 12.8. The molecule has 4 heteroatoms. The van der Waals surface area contributed by atoms with Gasteiger partial charge >= 0.3 is 0 Å². The summed E-state index contributed by atoms with van der Waals surface area (Å²) in [5.41, 5.74) is 3.18. The number of aryl methyl sites for hydroxylation is 1. The predicted octanol–water partition coefficient (Wildman–Crippen LogP) is 2.91. The van der Waals surface area contributed by atoms with E-state index >= 15 is 0 Å². The van der Waals surface area contributed by atoms with Crippen LogP contribution in [0, 0.1) is 6.92 Å². The Morgan fingerprint density at radius 2 is 2.14 bits per heavy atom. The van der Waals surface area contributed by atoms with E-state index in [2.05, 4.69) is 28.3 Å². The normalized spacial score (nSPS) is 10.6. The van der Waals surface area contributed by atoms with E-state index in [4.69, 9.17) is 4.74 Å². The van der Waals surface area contributed by atoms with Gasteiger partial charge in [0, 0.05) is 31.1 Å². The van der Waals surface area contributed by atoms with E-state index < -0.39 is 0 Å². The van der Waals surface area contributed by atoms with Gasteiger partial charge in [-0.1, -0.05) is 13.0 Å². The molecule has 0 aromatic carbocycles. The molecule has 0 aliphatic carbocycles. The number of pyridine rings is 2. The third-order valence-corrected chi connectivity index (χ3v) is 3.16. The maximum atomic E-state index is 5.90. The van der Waals surface area contributed by atoms with Gasteiger partial charge in [-0.15, -0.1) is 0 Å². The van der Waals surface area contributed by atoms with Gasteiger partial charge in [0.1, 0.15) is 5.75 Å². The lowest BCUT2D eigenvalue weighted by molar-refractivity contribution is 0.315. The van der Waals surface area contributed by atoms with Crippen LogP contribution in [-0.2, 0) is 13.0 Å². The number of aromatic nitrogens is 2. The van der Waals surface area contributed by atoms with E-state index in [0.29, 0.717) is 6.61 Å². The highest BCUT2D eigenvalue weighted by molar-refractivity contribution is 5.29. The molecular weight excluding hydrogens is 262 g/mol. The number of hydrogen-bond donors (Lipinski definition) is 1. The number of nitrogens with zero attached hydrogens (tertiary/aromatic N) is 2. The van der Waals surface area contributed by atoms with Crippen LogP contribution in [0.25, 0.3) is 0 Å². The molecule has 2 heterocycles. The van der Waals surface area contributed by atoms with Gasteiger partial charge in [-0.2, -0.15) is 0 Å². The third-order valence-electron chi connectivity index (χ3n) is 3.16. The van der Waals surface area contributed by atoms with E-state index in [9.17, 15) is 0 Å². The lowest BCUT2D eigenvalue weighted by atomic mass is 10.2. The Morgan fingerprint density at radius 1 is 1.24 bits per heavy atom. The highest BCUT2D eigenvalue weighted by Crippen LogP contribution is 2.17. The molecule has 0 saturated carbocycles. The Hall–Kier alpha value is -1.94. The summed E-state index contributed by atoms with van der Waals surface area (Å²) in [4.78, 5) is 8.68. The van der Waals surface area contributed by atoms with Gasteiger partial charge in [0.15, 0.2) is 0 Å². The highest BCUT2D eigenvalue weighted by Gasteiger charge is 2.06. The topological polar surface area (TPSA) is 47.0 Å². The predicted molar refractivity (Wildman–Crippen MR) is 84.4 cm³/mol. The van der Waals surface area contributed by atoms with Crippen LogP contribution >= 0.6 is 0 Å². The second-order valence-electron chi connectivity index (χ2n) is 5.03. The molecule has 21 heavy (non-hydrogen) atoms. The van der Waals surface area contributed by atoms with Gasteiger partial charge in [0.05, 0.1) is 12.3 Å². The minimum Gasteiger partial charge on any atom is -0.491 e. The number of ether oxygens (including phenoxy) is 1. The van der Waals surface area contributed by atoms with Crippen LogP contribution in [-0.4, -0.2) is 23.1 Å². The molecule has 0 bridgehead atoms. The molecule has 2 aromatic rings. The lowest BCUT2D eigenvalue weighted by Gasteiger charge is -2.12. The van der Waals surface area contributed by atoms with Crippen molar-refractivity contribution in [2.75, 3.05) is 13.2 Å². The number of hydrogen-bond acceptors (Lipinski definition) is 4. The van der Waals surface area contributed by atoms with Crippen molar-refractivity contribution < 1.29 is 4.74 Å². The molecule has 0 fully saturated rings. The van der Waals surface area contributed by atoms with E-state index in [0.717, 1.165) is 43.1 Å². The van der Waals surface area contributed by atoms with Crippen molar-refractivity contribution >= 4 is 0 Å². The van der Waals surface area contributed by atoms with Crippen molar-refractivity contribution in [1.82, 2.24) is 15.3 Å². The van der Waals surface area contributed by atoms with Gasteiger partial charge in [-0.05, 0) is 43.7 Å². The molecule has 0 spiro atoms. The molecule has 2 aromatic heterocycles. The van der Waals surface area contributed by atoms with E-state index in [1.54, 1.807) is 6.20 Å². The summed E-state index contributed by atoms with van der Waals surface area (Å²) in [5, 5.41) is 3.37. The van der Waals surface area contributed by atoms with Gasteiger partial charge in [0.2, 0.25) is 0 Å². The van der Waals surface area contributed by atoms with Crippen molar-refractivity contribution in [2.24, 2.45) is 0 Å². The van der Waals surface area contributed by atoms with Crippen molar-refractivity contribution in [3.8, 4) is 5.75 Å². The first-order valence-corrected chi connectivity index (χ1v) is 7.48. The first-order chi connectivity index (χ1) is 10.3. The summed E-state index contributed by atoms with van der Waals surface area (Å²) in [6, 6.07) is 8.01. The fourth-order valence-electron chi connectivity index (χ4n) is 2.06. The van der Waals surface area contributed by atoms with Crippen LogP contribution in [0.3, 0.4) is 0 Å². The molecule has 4 nitrogen and oxygen atoms in total.